The monoisotopic (exact) mass is 504 g/mol. The van der Waals surface area contributed by atoms with Crippen LogP contribution in [0.5, 0.6) is 0 Å². The van der Waals surface area contributed by atoms with Crippen molar-refractivity contribution in [3.8, 4) is 0 Å². The molecule has 2 fully saturated rings. The van der Waals surface area contributed by atoms with Gasteiger partial charge in [-0.05, 0) is 5.92 Å². The predicted octanol–water partition coefficient (Wildman–Crippen LogP) is 6.57. The second-order valence-electron chi connectivity index (χ2n) is 6.60. The molecule has 0 aromatic heterocycles. The maximum atomic E-state index is 2.57. The van der Waals surface area contributed by atoms with Crippen LogP contribution >= 0.6 is 0 Å². The molecule has 0 nitrogen and oxygen atoms in total. The minimum Gasteiger partial charge on any atom is -0.358 e. The first-order chi connectivity index (χ1) is 8.90. The van der Waals surface area contributed by atoms with E-state index in [2.05, 4.69) is 13.3 Å². The molecule has 0 N–H and O–H groups in total. The number of hydrogen-bond acceptors (Lipinski definition) is 0. The van der Waals surface area contributed by atoms with Crippen molar-refractivity contribution < 1.29 is 14.3 Å². The molecule has 2 saturated carbocycles. The number of rotatable bonds is 4. The maximum absolute atomic E-state index is 2.57. The SMILES string of the molecule is CCCCCC1CCC[C-]2CCC[CH-]CC2CC1.[Am].[CH3-]. The first-order valence-corrected chi connectivity index (χ1v) is 8.56. The summed E-state index contributed by atoms with van der Waals surface area (Å²) in [5.74, 6) is 3.97. The average molecular weight is 506 g/mol. The summed E-state index contributed by atoms with van der Waals surface area (Å²) < 4.78 is 0. The third-order valence-corrected chi connectivity index (χ3v) is 5.18. The van der Waals surface area contributed by atoms with Crippen molar-refractivity contribution in [2.75, 3.05) is 0 Å². The van der Waals surface area contributed by atoms with Crippen molar-refractivity contribution in [1.29, 1.82) is 0 Å². The van der Waals surface area contributed by atoms with Crippen molar-refractivity contribution in [3.63, 3.8) is 0 Å². The van der Waals surface area contributed by atoms with Gasteiger partial charge in [0.25, 0.3) is 0 Å². The molecule has 0 saturated heterocycles. The van der Waals surface area contributed by atoms with E-state index >= 15 is 0 Å². The fraction of sp³-hybridized carbons (Fsp3) is 0.842. The van der Waals surface area contributed by atoms with Crippen LogP contribution in [0.2, 0.25) is 0 Å². The van der Waals surface area contributed by atoms with E-state index in [4.69, 9.17) is 0 Å². The molecular formula is C19H35Am-3. The zero-order chi connectivity index (χ0) is 12.6. The maximum Gasteiger partial charge on any atom is 0 e. The van der Waals surface area contributed by atoms with E-state index < -0.39 is 0 Å². The summed E-state index contributed by atoms with van der Waals surface area (Å²) in [6, 6.07) is 0. The number of hydrogen-bond donors (Lipinski definition) is 0. The summed E-state index contributed by atoms with van der Waals surface area (Å²) in [4.78, 5) is 0. The standard InChI is InChI=1S/C18H32.CH3.Am/c1-2-3-5-9-16-10-8-13-17-11-6-4-7-12-18(17)15-14-16;;/h7,16,18H,2-6,8-15H2,1H3;1H3;/q-2;-1;. The molecule has 2 rings (SSSR count). The molecule has 2 atom stereocenters. The number of unbranched alkanes of at least 4 members (excludes halogenated alkanes) is 2. The molecule has 2 aliphatic rings. The van der Waals surface area contributed by atoms with Gasteiger partial charge in [-0.3, -0.25) is 0 Å². The van der Waals surface area contributed by atoms with E-state index in [0.29, 0.717) is 0 Å². The molecule has 1 heteroatoms. The van der Waals surface area contributed by atoms with Crippen molar-refractivity contribution in [1.82, 2.24) is 0 Å². The molecule has 0 bridgehead atoms. The van der Waals surface area contributed by atoms with E-state index in [0.717, 1.165) is 11.8 Å². The Hall–Kier alpha value is 0.390. The van der Waals surface area contributed by atoms with Crippen molar-refractivity contribution in [2.45, 2.75) is 90.4 Å². The van der Waals surface area contributed by atoms with Gasteiger partial charge < -0.3 is 19.8 Å². The Morgan fingerprint density at radius 3 is 2.65 bits per heavy atom. The second-order valence-corrected chi connectivity index (χ2v) is 6.60. The van der Waals surface area contributed by atoms with Gasteiger partial charge in [0.15, 0.2) is 0 Å². The van der Waals surface area contributed by atoms with E-state index in [1.807, 2.05) is 5.92 Å². The summed E-state index contributed by atoms with van der Waals surface area (Å²) in [5.41, 5.74) is 0. The first-order valence-electron chi connectivity index (χ1n) is 8.56. The summed E-state index contributed by atoms with van der Waals surface area (Å²) >= 11 is 0. The normalized spacial score (nSPS) is 28.1. The molecule has 0 aromatic carbocycles. The summed E-state index contributed by atoms with van der Waals surface area (Å²) in [5, 5.41) is 0. The van der Waals surface area contributed by atoms with Gasteiger partial charge in [0.1, 0.15) is 0 Å². The first kappa shape index (κ1) is 20.4. The van der Waals surface area contributed by atoms with Crippen LogP contribution < -0.4 is 0 Å². The Morgan fingerprint density at radius 2 is 1.85 bits per heavy atom. The van der Waals surface area contributed by atoms with Crippen LogP contribution in [-0.4, -0.2) is 0 Å². The summed E-state index contributed by atoms with van der Waals surface area (Å²) in [7, 11) is 0. The smallest absolute Gasteiger partial charge is 0 e. The van der Waals surface area contributed by atoms with Crippen LogP contribution in [-0.2, 0) is 0 Å². The Labute approximate surface area is 136 Å². The Morgan fingerprint density at radius 1 is 1.05 bits per heavy atom. The van der Waals surface area contributed by atoms with Crippen LogP contribution in [0.25, 0.3) is 0 Å². The largest absolute Gasteiger partial charge is 0.358 e. The molecule has 2 unspecified atom stereocenters. The van der Waals surface area contributed by atoms with Crippen LogP contribution in [0.1, 0.15) is 90.4 Å². The van der Waals surface area contributed by atoms with Gasteiger partial charge in [-0.25, -0.2) is 6.42 Å². The van der Waals surface area contributed by atoms with Gasteiger partial charge in [0.05, 0.1) is 0 Å². The van der Waals surface area contributed by atoms with Crippen molar-refractivity contribution in [3.05, 3.63) is 19.8 Å². The van der Waals surface area contributed by atoms with E-state index in [9.17, 15) is 0 Å². The predicted molar refractivity (Wildman–Crippen MR) is 86.6 cm³/mol. The van der Waals surface area contributed by atoms with Crippen LogP contribution in [0.15, 0.2) is 0 Å². The third-order valence-electron chi connectivity index (χ3n) is 5.18. The quantitative estimate of drug-likeness (QED) is 0.299. The topological polar surface area (TPSA) is 0 Å². The summed E-state index contributed by atoms with van der Waals surface area (Å²) in [6.07, 6.45) is 21.5. The molecule has 2 aliphatic carbocycles. The Bertz CT molecular complexity index is 214. The molecule has 0 aromatic rings. The molecular weight excluding hydrogens is 471 g/mol. The molecule has 0 amide bonds. The van der Waals surface area contributed by atoms with Crippen LogP contribution in [0.4, 0.5) is 0 Å². The molecule has 0 heterocycles. The molecule has 121 valence electrons. The van der Waals surface area contributed by atoms with Gasteiger partial charge in [-0.2, -0.15) is 25.2 Å². The molecule has 0 spiro atoms. The van der Waals surface area contributed by atoms with Gasteiger partial charge in [0, 0.05) is 14.3 Å². The minimum atomic E-state index is 0. The van der Waals surface area contributed by atoms with E-state index in [1.165, 1.54) is 83.5 Å². The van der Waals surface area contributed by atoms with E-state index in [1.54, 1.807) is 0 Å². The van der Waals surface area contributed by atoms with Gasteiger partial charge in [-0.1, -0.05) is 58.3 Å². The Kier molecular flexibility index (Phi) is 12.2. The molecule has 20 heavy (non-hydrogen) atoms. The minimum absolute atomic E-state index is 0. The van der Waals surface area contributed by atoms with Crippen LogP contribution in [0, 0.1) is 45.9 Å². The second kappa shape index (κ2) is 12.0. The summed E-state index contributed by atoms with van der Waals surface area (Å²) in [6.45, 7) is 2.32. The zero-order valence-corrected chi connectivity index (χ0v) is 16.9. The zero-order valence-electron chi connectivity index (χ0n) is 13.8. The van der Waals surface area contributed by atoms with Gasteiger partial charge >= 0.3 is 0 Å². The number of fused-ring (bicyclic) bond motifs is 1. The fourth-order valence-electron chi connectivity index (χ4n) is 3.99. The molecule has 0 aliphatic heterocycles. The van der Waals surface area contributed by atoms with Crippen LogP contribution in [0.3, 0.4) is 0 Å². The molecule has 1 radical (unpaired) electrons. The van der Waals surface area contributed by atoms with Gasteiger partial charge in [0.2, 0.25) is 0 Å². The van der Waals surface area contributed by atoms with Gasteiger partial charge in [-0.15, -0.1) is 6.42 Å². The third kappa shape index (κ3) is 6.90. The average Bonchev–Trinajstić information content (AvgIpc) is 2.57. The van der Waals surface area contributed by atoms with Crippen molar-refractivity contribution in [2.24, 2.45) is 11.8 Å². The van der Waals surface area contributed by atoms with Crippen molar-refractivity contribution >= 4 is 0 Å². The fourth-order valence-corrected chi connectivity index (χ4v) is 3.99. The Balaban J connectivity index is 0.00000180. The van der Waals surface area contributed by atoms with E-state index in [-0.39, 0.29) is 21.7 Å².